The maximum absolute atomic E-state index is 11.9. The zero-order chi connectivity index (χ0) is 16.5. The van der Waals surface area contributed by atoms with Gasteiger partial charge in [0.1, 0.15) is 5.75 Å². The Morgan fingerprint density at radius 1 is 1.27 bits per heavy atom. The van der Waals surface area contributed by atoms with E-state index in [9.17, 15) is 9.59 Å². The Morgan fingerprint density at radius 3 is 2.55 bits per heavy atom. The molecule has 122 valence electrons. The molecule has 0 atom stereocenters. The molecule has 2 amide bonds. The summed E-state index contributed by atoms with van der Waals surface area (Å²) in [6.45, 7) is 8.37. The van der Waals surface area contributed by atoms with Crippen LogP contribution in [0.25, 0.3) is 0 Å². The molecule has 0 aromatic heterocycles. The first-order valence-corrected chi connectivity index (χ1v) is 7.76. The number of rotatable bonds is 8. The van der Waals surface area contributed by atoms with E-state index in [2.05, 4.69) is 5.32 Å². The quantitative estimate of drug-likeness (QED) is 0.803. The summed E-state index contributed by atoms with van der Waals surface area (Å²) in [4.78, 5) is 25.3. The minimum atomic E-state index is -0.108. The van der Waals surface area contributed by atoms with Crippen LogP contribution in [0.2, 0.25) is 0 Å². The van der Waals surface area contributed by atoms with E-state index in [-0.39, 0.29) is 24.3 Å². The van der Waals surface area contributed by atoms with Gasteiger partial charge in [0.2, 0.25) is 11.8 Å². The van der Waals surface area contributed by atoms with Gasteiger partial charge in [0.15, 0.2) is 0 Å². The predicted octanol–water partition coefficient (Wildman–Crippen LogP) is 2.74. The van der Waals surface area contributed by atoms with Crippen LogP contribution >= 0.6 is 0 Å². The Kier molecular flexibility index (Phi) is 7.43. The molecule has 0 saturated carbocycles. The number of benzene rings is 1. The van der Waals surface area contributed by atoms with Gasteiger partial charge in [-0.05, 0) is 32.4 Å². The number of ether oxygens (including phenoxy) is 1. The molecule has 1 rings (SSSR count). The molecule has 0 unspecified atom stereocenters. The maximum atomic E-state index is 11.9. The van der Waals surface area contributed by atoms with Gasteiger partial charge < -0.3 is 15.0 Å². The number of hydrogen-bond acceptors (Lipinski definition) is 3. The third-order valence-electron chi connectivity index (χ3n) is 3.03. The lowest BCUT2D eigenvalue weighted by Crippen LogP contribution is -2.34. The van der Waals surface area contributed by atoms with Crippen molar-refractivity contribution in [1.29, 1.82) is 0 Å². The number of nitrogens with one attached hydrogen (secondary N) is 1. The first-order valence-electron chi connectivity index (χ1n) is 7.76. The highest BCUT2D eigenvalue weighted by Gasteiger charge is 2.17. The van der Waals surface area contributed by atoms with Crippen molar-refractivity contribution < 1.29 is 14.3 Å². The van der Waals surface area contributed by atoms with Gasteiger partial charge in [0, 0.05) is 26.4 Å². The van der Waals surface area contributed by atoms with E-state index < -0.39 is 0 Å². The molecule has 0 radical (unpaired) electrons. The Hall–Kier alpha value is -2.04. The summed E-state index contributed by atoms with van der Waals surface area (Å²) < 4.78 is 5.75. The van der Waals surface area contributed by atoms with Crippen molar-refractivity contribution in [2.45, 2.75) is 46.6 Å². The lowest BCUT2D eigenvalue weighted by atomic mass is 10.2. The first kappa shape index (κ1) is 18.0. The van der Waals surface area contributed by atoms with E-state index in [1.165, 1.54) is 6.92 Å². The summed E-state index contributed by atoms with van der Waals surface area (Å²) in [7, 11) is 0. The predicted molar refractivity (Wildman–Crippen MR) is 88.2 cm³/mol. The number of anilines is 1. The molecule has 1 aromatic carbocycles. The smallest absolute Gasteiger partial charge is 0.223 e. The van der Waals surface area contributed by atoms with Crippen molar-refractivity contribution in [3.63, 3.8) is 0 Å². The Labute approximate surface area is 132 Å². The fourth-order valence-corrected chi connectivity index (χ4v) is 2.05. The number of para-hydroxylation sites is 2. The van der Waals surface area contributed by atoms with Gasteiger partial charge in [-0.2, -0.15) is 0 Å². The van der Waals surface area contributed by atoms with Gasteiger partial charge in [0.25, 0.3) is 0 Å². The van der Waals surface area contributed by atoms with E-state index >= 15 is 0 Å². The lowest BCUT2D eigenvalue weighted by Gasteiger charge is -2.24. The zero-order valence-electron chi connectivity index (χ0n) is 13.9. The van der Waals surface area contributed by atoms with Gasteiger partial charge in [-0.3, -0.25) is 9.59 Å². The van der Waals surface area contributed by atoms with Crippen LogP contribution in [0.4, 0.5) is 5.69 Å². The second-order valence-electron chi connectivity index (χ2n) is 5.40. The molecule has 0 heterocycles. The van der Waals surface area contributed by atoms with Crippen LogP contribution in [0.15, 0.2) is 24.3 Å². The normalized spacial score (nSPS) is 10.4. The first-order chi connectivity index (χ1) is 10.5. The maximum Gasteiger partial charge on any atom is 0.223 e. The molecule has 5 nitrogen and oxygen atoms in total. The van der Waals surface area contributed by atoms with E-state index in [0.717, 1.165) is 6.42 Å². The molecule has 0 aliphatic rings. The molecular formula is C17H26N2O3. The summed E-state index contributed by atoms with van der Waals surface area (Å²) in [5.74, 6) is 0.500. The molecule has 0 saturated heterocycles. The average molecular weight is 306 g/mol. The Morgan fingerprint density at radius 2 is 1.95 bits per heavy atom. The van der Waals surface area contributed by atoms with Crippen LogP contribution in [0.3, 0.4) is 0 Å². The van der Waals surface area contributed by atoms with Crippen LogP contribution in [-0.4, -0.2) is 31.0 Å². The second kappa shape index (κ2) is 9.07. The minimum Gasteiger partial charge on any atom is -0.489 e. The van der Waals surface area contributed by atoms with Crippen LogP contribution in [-0.2, 0) is 9.59 Å². The largest absolute Gasteiger partial charge is 0.489 e. The van der Waals surface area contributed by atoms with Crippen molar-refractivity contribution in [3.05, 3.63) is 24.3 Å². The number of amides is 2. The number of nitrogens with zero attached hydrogens (tertiary/aromatic N) is 1. The fourth-order valence-electron chi connectivity index (χ4n) is 2.05. The number of carbonyl (C=O) groups is 2. The standard InChI is InChI=1S/C17H26N2O3/c1-5-11-18-17(21)10-12-19(14(4)20)15-8-6-7-9-16(15)22-13(2)3/h6-9,13H,5,10-12H2,1-4H3,(H,18,21). The summed E-state index contributed by atoms with van der Waals surface area (Å²) in [5, 5.41) is 2.82. The molecule has 0 aliphatic carbocycles. The van der Waals surface area contributed by atoms with E-state index in [4.69, 9.17) is 4.74 Å². The molecule has 0 spiro atoms. The van der Waals surface area contributed by atoms with Gasteiger partial charge in [-0.25, -0.2) is 0 Å². The highest BCUT2D eigenvalue weighted by molar-refractivity contribution is 5.93. The highest BCUT2D eigenvalue weighted by atomic mass is 16.5. The summed E-state index contributed by atoms with van der Waals surface area (Å²) >= 11 is 0. The average Bonchev–Trinajstić information content (AvgIpc) is 2.46. The van der Waals surface area contributed by atoms with Crippen molar-refractivity contribution in [3.8, 4) is 5.75 Å². The molecule has 0 bridgehead atoms. The summed E-state index contributed by atoms with van der Waals surface area (Å²) in [5.41, 5.74) is 0.701. The number of hydrogen-bond donors (Lipinski definition) is 1. The molecular weight excluding hydrogens is 280 g/mol. The topological polar surface area (TPSA) is 58.6 Å². The second-order valence-corrected chi connectivity index (χ2v) is 5.40. The van der Waals surface area contributed by atoms with Gasteiger partial charge in [0.05, 0.1) is 11.8 Å². The monoisotopic (exact) mass is 306 g/mol. The SMILES string of the molecule is CCCNC(=O)CCN(C(C)=O)c1ccccc1OC(C)C. The highest BCUT2D eigenvalue weighted by Crippen LogP contribution is 2.29. The van der Waals surface area contributed by atoms with Crippen molar-refractivity contribution in [2.24, 2.45) is 0 Å². The van der Waals surface area contributed by atoms with Crippen molar-refractivity contribution in [1.82, 2.24) is 5.32 Å². The molecule has 1 N–H and O–H groups in total. The molecule has 5 heteroatoms. The van der Waals surface area contributed by atoms with Crippen LogP contribution < -0.4 is 15.0 Å². The lowest BCUT2D eigenvalue weighted by molar-refractivity contribution is -0.121. The van der Waals surface area contributed by atoms with Crippen molar-refractivity contribution in [2.75, 3.05) is 18.0 Å². The number of carbonyl (C=O) groups excluding carboxylic acids is 2. The van der Waals surface area contributed by atoms with E-state index in [1.807, 2.05) is 45.0 Å². The fraction of sp³-hybridized carbons (Fsp3) is 0.529. The zero-order valence-corrected chi connectivity index (χ0v) is 13.9. The molecule has 1 aromatic rings. The van der Waals surface area contributed by atoms with Crippen molar-refractivity contribution >= 4 is 17.5 Å². The van der Waals surface area contributed by atoms with Crippen LogP contribution in [0.5, 0.6) is 5.75 Å². The molecule has 0 fully saturated rings. The van der Waals surface area contributed by atoms with E-state index in [1.54, 1.807) is 4.90 Å². The molecule has 22 heavy (non-hydrogen) atoms. The third-order valence-corrected chi connectivity index (χ3v) is 3.03. The molecule has 0 aliphatic heterocycles. The Bertz CT molecular complexity index is 500. The minimum absolute atomic E-state index is 0.0165. The van der Waals surface area contributed by atoms with Crippen LogP contribution in [0.1, 0.15) is 40.5 Å². The Balaban J connectivity index is 2.83. The third kappa shape index (κ3) is 5.76. The van der Waals surface area contributed by atoms with E-state index in [0.29, 0.717) is 24.5 Å². The summed E-state index contributed by atoms with van der Waals surface area (Å²) in [6.07, 6.45) is 1.19. The van der Waals surface area contributed by atoms with Gasteiger partial charge >= 0.3 is 0 Å². The van der Waals surface area contributed by atoms with Crippen LogP contribution in [0, 0.1) is 0 Å². The summed E-state index contributed by atoms with van der Waals surface area (Å²) in [6, 6.07) is 7.40. The van der Waals surface area contributed by atoms with Gasteiger partial charge in [-0.15, -0.1) is 0 Å². The van der Waals surface area contributed by atoms with Gasteiger partial charge in [-0.1, -0.05) is 19.1 Å².